The summed E-state index contributed by atoms with van der Waals surface area (Å²) >= 11 is 7.15. The Bertz CT molecular complexity index is 790. The predicted octanol–water partition coefficient (Wildman–Crippen LogP) is 2.53. The Morgan fingerprint density at radius 1 is 1.31 bits per heavy atom. The van der Waals surface area contributed by atoms with Crippen molar-refractivity contribution in [3.63, 3.8) is 0 Å². The average Bonchev–Trinajstić information content (AvgIpc) is 3.35. The summed E-state index contributed by atoms with van der Waals surface area (Å²) in [5, 5.41) is 12.4. The average molecular weight is 395 g/mol. The minimum Gasteiger partial charge on any atom is -0.455 e. The van der Waals surface area contributed by atoms with Gasteiger partial charge in [-0.15, -0.1) is 10.2 Å². The molecular weight excluding hydrogens is 376 g/mol. The fraction of sp³-hybridized carbons (Fsp3) is 0.412. The number of halogens is 1. The fourth-order valence-corrected chi connectivity index (χ4v) is 3.23. The third kappa shape index (κ3) is 4.98. The number of nitrogens with zero attached hydrogens (tertiary/aromatic N) is 3. The Balaban J connectivity index is 1.55. The van der Waals surface area contributed by atoms with Crippen molar-refractivity contribution in [2.24, 2.45) is 0 Å². The van der Waals surface area contributed by atoms with Gasteiger partial charge in [0.2, 0.25) is 0 Å². The van der Waals surface area contributed by atoms with Gasteiger partial charge in [0.1, 0.15) is 0 Å². The second-order valence-electron chi connectivity index (χ2n) is 5.85. The maximum Gasteiger partial charge on any atom is 0.316 e. The maximum atomic E-state index is 11.8. The van der Waals surface area contributed by atoms with Crippen LogP contribution in [0.1, 0.15) is 19.8 Å². The highest BCUT2D eigenvalue weighted by Gasteiger charge is 2.23. The summed E-state index contributed by atoms with van der Waals surface area (Å²) in [5.74, 6) is 0.0613. The summed E-state index contributed by atoms with van der Waals surface area (Å²) in [7, 11) is 0. The van der Waals surface area contributed by atoms with Crippen molar-refractivity contribution in [2.75, 3.05) is 12.4 Å². The van der Waals surface area contributed by atoms with Crippen LogP contribution in [0.25, 0.3) is 11.4 Å². The molecule has 7 nitrogen and oxygen atoms in total. The number of ether oxygens (including phenoxy) is 1. The van der Waals surface area contributed by atoms with Crippen LogP contribution in [0, 0.1) is 0 Å². The summed E-state index contributed by atoms with van der Waals surface area (Å²) in [5.41, 5.74) is 0.898. The van der Waals surface area contributed by atoms with E-state index >= 15 is 0 Å². The highest BCUT2D eigenvalue weighted by molar-refractivity contribution is 7.99. The fourth-order valence-electron chi connectivity index (χ4n) is 2.30. The normalized spacial score (nSPS) is 13.5. The number of esters is 1. The number of hydrogen-bond donors (Lipinski definition) is 1. The standard InChI is InChI=1S/C17H19ClN4O3S/c1-2-22-16(11-3-5-12(18)6-4-11)20-21-17(22)26-10-15(24)25-9-14(23)19-13-7-8-13/h3-6,13H,2,7-10H2,1H3,(H,19,23). The molecule has 1 heterocycles. The summed E-state index contributed by atoms with van der Waals surface area (Å²) in [6, 6.07) is 7.59. The van der Waals surface area contributed by atoms with Crippen molar-refractivity contribution in [3.05, 3.63) is 29.3 Å². The minimum absolute atomic E-state index is 0.0649. The van der Waals surface area contributed by atoms with Crippen LogP contribution in [-0.4, -0.2) is 45.0 Å². The summed E-state index contributed by atoms with van der Waals surface area (Å²) in [6.45, 7) is 2.39. The van der Waals surface area contributed by atoms with Gasteiger partial charge >= 0.3 is 5.97 Å². The molecule has 0 spiro atoms. The molecule has 1 aliphatic rings. The van der Waals surface area contributed by atoms with E-state index in [4.69, 9.17) is 16.3 Å². The zero-order valence-electron chi connectivity index (χ0n) is 14.3. The highest BCUT2D eigenvalue weighted by Crippen LogP contribution is 2.25. The van der Waals surface area contributed by atoms with Gasteiger partial charge in [-0.05, 0) is 44.0 Å². The lowest BCUT2D eigenvalue weighted by Gasteiger charge is -2.08. The molecule has 2 aromatic rings. The second kappa shape index (κ2) is 8.55. The minimum atomic E-state index is -0.459. The van der Waals surface area contributed by atoms with Gasteiger partial charge in [-0.1, -0.05) is 23.4 Å². The van der Waals surface area contributed by atoms with Gasteiger partial charge in [0.25, 0.3) is 5.91 Å². The first kappa shape index (κ1) is 18.7. The number of amides is 1. The molecule has 1 aromatic carbocycles. The molecule has 1 fully saturated rings. The largest absolute Gasteiger partial charge is 0.455 e. The summed E-state index contributed by atoms with van der Waals surface area (Å²) < 4.78 is 6.91. The summed E-state index contributed by atoms with van der Waals surface area (Å²) in [4.78, 5) is 23.4. The van der Waals surface area contributed by atoms with E-state index in [0.717, 1.165) is 18.4 Å². The zero-order chi connectivity index (χ0) is 18.5. The molecule has 0 saturated heterocycles. The van der Waals surface area contributed by atoms with Crippen molar-refractivity contribution in [1.82, 2.24) is 20.1 Å². The number of thioether (sulfide) groups is 1. The lowest BCUT2D eigenvalue weighted by Crippen LogP contribution is -2.30. The summed E-state index contributed by atoms with van der Waals surface area (Å²) in [6.07, 6.45) is 2.00. The van der Waals surface area contributed by atoms with E-state index in [1.807, 2.05) is 23.6 Å². The van der Waals surface area contributed by atoms with Crippen molar-refractivity contribution in [3.8, 4) is 11.4 Å². The first-order valence-corrected chi connectivity index (χ1v) is 9.70. The van der Waals surface area contributed by atoms with Crippen LogP contribution in [0.5, 0.6) is 0 Å². The van der Waals surface area contributed by atoms with Crippen LogP contribution >= 0.6 is 23.4 Å². The van der Waals surface area contributed by atoms with Gasteiger partial charge in [-0.3, -0.25) is 9.59 Å². The smallest absolute Gasteiger partial charge is 0.316 e. The van der Waals surface area contributed by atoms with Crippen LogP contribution in [0.3, 0.4) is 0 Å². The number of hydrogen-bond acceptors (Lipinski definition) is 6. The molecule has 1 aromatic heterocycles. The SMILES string of the molecule is CCn1c(SCC(=O)OCC(=O)NC2CC2)nnc1-c1ccc(Cl)cc1. The van der Waals surface area contributed by atoms with Gasteiger partial charge in [0.05, 0.1) is 5.75 Å². The van der Waals surface area contributed by atoms with Gasteiger partial charge in [-0.25, -0.2) is 0 Å². The first-order valence-electron chi connectivity index (χ1n) is 8.33. The Hall–Kier alpha value is -2.06. The van der Waals surface area contributed by atoms with Crippen molar-refractivity contribution >= 4 is 35.2 Å². The molecule has 1 amide bonds. The predicted molar refractivity (Wildman–Crippen MR) is 99.0 cm³/mol. The number of rotatable bonds is 8. The highest BCUT2D eigenvalue weighted by atomic mass is 35.5. The topological polar surface area (TPSA) is 86.1 Å². The van der Waals surface area contributed by atoms with Gasteiger partial charge in [0.15, 0.2) is 17.6 Å². The van der Waals surface area contributed by atoms with Gasteiger partial charge in [0, 0.05) is 23.2 Å². The molecule has 0 radical (unpaired) electrons. The molecule has 3 rings (SSSR count). The van der Waals surface area contributed by atoms with Crippen LogP contribution in [0.4, 0.5) is 0 Å². The number of nitrogens with one attached hydrogen (secondary N) is 1. The number of carbonyl (C=O) groups is 2. The van der Waals surface area contributed by atoms with E-state index in [1.165, 1.54) is 11.8 Å². The number of carbonyl (C=O) groups excluding carboxylic acids is 2. The maximum absolute atomic E-state index is 11.8. The Labute approximate surface area is 160 Å². The van der Waals surface area contributed by atoms with E-state index in [2.05, 4.69) is 15.5 Å². The van der Waals surface area contributed by atoms with E-state index in [9.17, 15) is 9.59 Å². The van der Waals surface area contributed by atoms with Crippen LogP contribution in [-0.2, 0) is 20.9 Å². The molecule has 1 aliphatic carbocycles. The van der Waals surface area contributed by atoms with E-state index in [0.29, 0.717) is 22.5 Å². The number of aromatic nitrogens is 3. The van der Waals surface area contributed by atoms with Crippen LogP contribution in [0.15, 0.2) is 29.4 Å². The van der Waals surface area contributed by atoms with Crippen molar-refractivity contribution in [2.45, 2.75) is 37.5 Å². The molecule has 138 valence electrons. The van der Waals surface area contributed by atoms with E-state index < -0.39 is 5.97 Å². The van der Waals surface area contributed by atoms with Crippen molar-refractivity contribution in [1.29, 1.82) is 0 Å². The Morgan fingerprint density at radius 2 is 2.04 bits per heavy atom. The second-order valence-corrected chi connectivity index (χ2v) is 7.23. The molecular formula is C17H19ClN4O3S. The van der Waals surface area contributed by atoms with Crippen LogP contribution in [0.2, 0.25) is 5.02 Å². The van der Waals surface area contributed by atoms with Crippen molar-refractivity contribution < 1.29 is 14.3 Å². The molecule has 0 atom stereocenters. The molecule has 0 bridgehead atoms. The Kier molecular flexibility index (Phi) is 6.16. The monoisotopic (exact) mass is 394 g/mol. The van der Waals surface area contributed by atoms with Gasteiger partial charge in [-0.2, -0.15) is 0 Å². The third-order valence-electron chi connectivity index (χ3n) is 3.76. The quantitative estimate of drug-likeness (QED) is 0.547. The molecule has 0 unspecified atom stereocenters. The number of benzene rings is 1. The molecule has 1 saturated carbocycles. The lowest BCUT2D eigenvalue weighted by molar-refractivity contribution is -0.145. The van der Waals surface area contributed by atoms with E-state index in [1.54, 1.807) is 12.1 Å². The van der Waals surface area contributed by atoms with E-state index in [-0.39, 0.29) is 24.3 Å². The van der Waals surface area contributed by atoms with Crippen LogP contribution < -0.4 is 5.32 Å². The Morgan fingerprint density at radius 3 is 2.69 bits per heavy atom. The molecule has 9 heteroatoms. The van der Waals surface area contributed by atoms with Gasteiger partial charge < -0.3 is 14.6 Å². The first-order chi connectivity index (χ1) is 12.6. The zero-order valence-corrected chi connectivity index (χ0v) is 15.8. The third-order valence-corrected chi connectivity index (χ3v) is 4.95. The molecule has 0 aliphatic heterocycles. The molecule has 26 heavy (non-hydrogen) atoms. The molecule has 1 N–H and O–H groups in total. The lowest BCUT2D eigenvalue weighted by atomic mass is 10.2.